The lowest BCUT2D eigenvalue weighted by molar-refractivity contribution is -0.134. The normalized spacial score (nSPS) is 25.8. The van der Waals surface area contributed by atoms with Gasteiger partial charge in [-0.15, -0.1) is 0 Å². The molecule has 2 saturated carbocycles. The topological polar surface area (TPSA) is 76.2 Å². The molecule has 3 N–H and O–H groups in total. The first kappa shape index (κ1) is 17.0. The van der Waals surface area contributed by atoms with E-state index in [-0.39, 0.29) is 11.3 Å². The van der Waals surface area contributed by atoms with Crippen molar-refractivity contribution in [1.82, 2.24) is 19.8 Å². The van der Waals surface area contributed by atoms with Gasteiger partial charge in [-0.1, -0.05) is 0 Å². The number of aryl methyl sites for hydroxylation is 1. The van der Waals surface area contributed by atoms with E-state index in [0.717, 1.165) is 44.7 Å². The third kappa shape index (κ3) is 3.22. The molecule has 1 amide bonds. The predicted molar refractivity (Wildman–Crippen MR) is 96.7 cm³/mol. The van der Waals surface area contributed by atoms with E-state index in [1.807, 2.05) is 12.4 Å². The molecule has 3 aliphatic rings. The summed E-state index contributed by atoms with van der Waals surface area (Å²) in [5, 5.41) is 3.45. The SMILES string of the molecule is CCn1ccnc1CN(C(=O)CC1(CN)CC1)C1CC12CCNCC2. The second kappa shape index (κ2) is 6.40. The average Bonchev–Trinajstić information content (AvgIpc) is 3.50. The van der Waals surface area contributed by atoms with Crippen LogP contribution in [0, 0.1) is 10.8 Å². The van der Waals surface area contributed by atoms with Crippen LogP contribution in [-0.2, 0) is 17.9 Å². The van der Waals surface area contributed by atoms with Crippen LogP contribution in [-0.4, -0.2) is 46.0 Å². The Morgan fingerprint density at radius 1 is 1.40 bits per heavy atom. The zero-order valence-electron chi connectivity index (χ0n) is 15.3. The van der Waals surface area contributed by atoms with E-state index >= 15 is 0 Å². The van der Waals surface area contributed by atoms with E-state index in [1.54, 1.807) is 0 Å². The maximum absolute atomic E-state index is 13.2. The van der Waals surface area contributed by atoms with Crippen LogP contribution in [0.2, 0.25) is 0 Å². The molecule has 1 unspecified atom stereocenters. The molecular formula is C19H31N5O. The van der Waals surface area contributed by atoms with Crippen LogP contribution in [0.4, 0.5) is 0 Å². The molecule has 1 saturated heterocycles. The molecule has 1 aromatic rings. The van der Waals surface area contributed by atoms with E-state index in [0.29, 0.717) is 31.0 Å². The summed E-state index contributed by atoms with van der Waals surface area (Å²) in [6.45, 7) is 6.44. The van der Waals surface area contributed by atoms with E-state index < -0.39 is 0 Å². The fraction of sp³-hybridized carbons (Fsp3) is 0.789. The number of nitrogens with one attached hydrogen (secondary N) is 1. The van der Waals surface area contributed by atoms with Crippen molar-refractivity contribution in [2.24, 2.45) is 16.6 Å². The Bertz CT molecular complexity index is 630. The summed E-state index contributed by atoms with van der Waals surface area (Å²) in [5.74, 6) is 1.29. The number of aromatic nitrogens is 2. The summed E-state index contributed by atoms with van der Waals surface area (Å²) in [6.07, 6.45) is 10.2. The van der Waals surface area contributed by atoms with Crippen LogP contribution in [0.3, 0.4) is 0 Å². The van der Waals surface area contributed by atoms with Crippen molar-refractivity contribution < 1.29 is 4.79 Å². The largest absolute Gasteiger partial charge is 0.334 e. The number of hydrogen-bond acceptors (Lipinski definition) is 4. The summed E-state index contributed by atoms with van der Waals surface area (Å²) in [4.78, 5) is 19.9. The number of nitrogens with zero attached hydrogens (tertiary/aromatic N) is 3. The molecule has 25 heavy (non-hydrogen) atoms. The van der Waals surface area contributed by atoms with Crippen molar-refractivity contribution in [2.45, 2.75) is 64.6 Å². The van der Waals surface area contributed by atoms with Crippen molar-refractivity contribution >= 4 is 5.91 Å². The molecule has 0 bridgehead atoms. The molecule has 6 nitrogen and oxygen atoms in total. The van der Waals surface area contributed by atoms with Gasteiger partial charge in [0.2, 0.25) is 5.91 Å². The van der Waals surface area contributed by atoms with Crippen LogP contribution in [0.15, 0.2) is 12.4 Å². The Balaban J connectivity index is 1.52. The molecule has 2 aliphatic carbocycles. The monoisotopic (exact) mass is 345 g/mol. The first-order valence-electron chi connectivity index (χ1n) is 9.82. The Morgan fingerprint density at radius 2 is 2.16 bits per heavy atom. The number of imidazole rings is 1. The third-order valence-corrected chi connectivity index (χ3v) is 6.81. The second-order valence-electron chi connectivity index (χ2n) is 8.36. The van der Waals surface area contributed by atoms with Gasteiger partial charge in [0.25, 0.3) is 0 Å². The number of nitrogens with two attached hydrogens (primary N) is 1. The van der Waals surface area contributed by atoms with Crippen LogP contribution >= 0.6 is 0 Å². The fourth-order valence-corrected chi connectivity index (χ4v) is 4.59. The van der Waals surface area contributed by atoms with Gasteiger partial charge in [-0.05, 0) is 69.5 Å². The van der Waals surface area contributed by atoms with Crippen molar-refractivity contribution in [3.63, 3.8) is 0 Å². The molecular weight excluding hydrogens is 314 g/mol. The minimum Gasteiger partial charge on any atom is -0.334 e. The van der Waals surface area contributed by atoms with Gasteiger partial charge in [-0.3, -0.25) is 4.79 Å². The lowest BCUT2D eigenvalue weighted by Crippen LogP contribution is -2.41. The van der Waals surface area contributed by atoms with Crippen molar-refractivity contribution in [3.8, 4) is 0 Å². The highest BCUT2D eigenvalue weighted by molar-refractivity contribution is 5.78. The number of hydrogen-bond donors (Lipinski definition) is 2. The maximum atomic E-state index is 13.2. The van der Waals surface area contributed by atoms with Crippen LogP contribution < -0.4 is 11.1 Å². The summed E-state index contributed by atoms with van der Waals surface area (Å²) in [6, 6.07) is 0.387. The van der Waals surface area contributed by atoms with E-state index in [2.05, 4.69) is 26.7 Å². The van der Waals surface area contributed by atoms with Gasteiger partial charge in [0, 0.05) is 31.4 Å². The maximum Gasteiger partial charge on any atom is 0.223 e. The standard InChI is InChI=1S/C19H31N5O/c1-2-23-10-9-22-16(23)13-24(17(25)12-18(14-20)3-4-18)15-11-19(15)5-7-21-8-6-19/h9-10,15,21H,2-8,11-14,20H2,1H3. The number of amides is 1. The summed E-state index contributed by atoms with van der Waals surface area (Å²) >= 11 is 0. The first-order valence-corrected chi connectivity index (χ1v) is 9.82. The molecule has 1 aliphatic heterocycles. The highest BCUT2D eigenvalue weighted by atomic mass is 16.2. The minimum atomic E-state index is 0.0890. The number of carbonyl (C=O) groups excluding carboxylic acids is 1. The molecule has 0 radical (unpaired) electrons. The highest BCUT2D eigenvalue weighted by Crippen LogP contribution is 2.57. The van der Waals surface area contributed by atoms with Gasteiger partial charge in [-0.25, -0.2) is 4.98 Å². The van der Waals surface area contributed by atoms with E-state index in [9.17, 15) is 4.79 Å². The zero-order chi connectivity index (χ0) is 17.5. The fourth-order valence-electron chi connectivity index (χ4n) is 4.59. The molecule has 2 heterocycles. The van der Waals surface area contributed by atoms with Crippen LogP contribution in [0.1, 0.15) is 51.3 Å². The van der Waals surface area contributed by atoms with E-state index in [4.69, 9.17) is 5.73 Å². The molecule has 1 atom stereocenters. The van der Waals surface area contributed by atoms with Crippen LogP contribution in [0.25, 0.3) is 0 Å². The Hall–Kier alpha value is -1.40. The minimum absolute atomic E-state index is 0.0890. The van der Waals surface area contributed by atoms with Crippen molar-refractivity contribution in [3.05, 3.63) is 18.2 Å². The predicted octanol–water partition coefficient (Wildman–Crippen LogP) is 1.50. The number of carbonyl (C=O) groups is 1. The summed E-state index contributed by atoms with van der Waals surface area (Å²) < 4.78 is 2.15. The van der Waals surface area contributed by atoms with Gasteiger partial charge in [0.05, 0.1) is 6.54 Å². The lowest BCUT2D eigenvalue weighted by Gasteiger charge is -2.30. The van der Waals surface area contributed by atoms with Gasteiger partial charge in [-0.2, -0.15) is 0 Å². The molecule has 138 valence electrons. The van der Waals surface area contributed by atoms with Gasteiger partial charge >= 0.3 is 0 Å². The highest BCUT2D eigenvalue weighted by Gasteiger charge is 2.58. The second-order valence-corrected chi connectivity index (χ2v) is 8.36. The molecule has 1 spiro atoms. The Labute approximate surface area is 150 Å². The van der Waals surface area contributed by atoms with Gasteiger partial charge in [0.1, 0.15) is 5.82 Å². The third-order valence-electron chi connectivity index (χ3n) is 6.81. The first-order chi connectivity index (χ1) is 12.1. The number of rotatable bonds is 7. The molecule has 6 heteroatoms. The molecule has 3 fully saturated rings. The van der Waals surface area contributed by atoms with Crippen molar-refractivity contribution in [1.29, 1.82) is 0 Å². The smallest absolute Gasteiger partial charge is 0.223 e. The zero-order valence-corrected chi connectivity index (χ0v) is 15.3. The molecule has 4 rings (SSSR count). The van der Waals surface area contributed by atoms with Gasteiger partial charge < -0.3 is 20.5 Å². The van der Waals surface area contributed by atoms with Crippen LogP contribution in [0.5, 0.6) is 0 Å². The molecule has 1 aromatic heterocycles. The quantitative estimate of drug-likeness (QED) is 0.785. The summed E-state index contributed by atoms with van der Waals surface area (Å²) in [5.41, 5.74) is 6.37. The molecule has 0 aromatic carbocycles. The average molecular weight is 345 g/mol. The Kier molecular flexibility index (Phi) is 4.36. The number of piperidine rings is 1. The van der Waals surface area contributed by atoms with Gasteiger partial charge in [0.15, 0.2) is 0 Å². The summed E-state index contributed by atoms with van der Waals surface area (Å²) in [7, 11) is 0. The lowest BCUT2D eigenvalue weighted by atomic mass is 9.93. The van der Waals surface area contributed by atoms with E-state index in [1.165, 1.54) is 12.8 Å². The Morgan fingerprint density at radius 3 is 2.80 bits per heavy atom. The van der Waals surface area contributed by atoms with Crippen molar-refractivity contribution in [2.75, 3.05) is 19.6 Å².